The zero-order chi connectivity index (χ0) is 20.2. The van der Waals surface area contributed by atoms with Crippen LogP contribution in [0, 0.1) is 5.82 Å². The minimum Gasteiger partial charge on any atom is -0.484 e. The Morgan fingerprint density at radius 2 is 1.90 bits per heavy atom. The molecule has 6 nitrogen and oxygen atoms in total. The molecule has 0 bridgehead atoms. The normalized spacial score (nSPS) is 10.7. The molecule has 2 aromatic carbocycles. The molecule has 158 valence electrons. The third kappa shape index (κ3) is 9.12. The fraction of sp³-hybridized carbons (Fsp3) is 0.333. The minimum atomic E-state index is -0.198. The van der Waals surface area contributed by atoms with Crippen LogP contribution >= 0.6 is 24.0 Å². The number of likely N-dealkylation sites (N-methyl/N-ethyl adjacent to an activating group) is 1. The van der Waals surface area contributed by atoms with E-state index in [9.17, 15) is 9.18 Å². The topological polar surface area (TPSA) is 74.8 Å². The van der Waals surface area contributed by atoms with Gasteiger partial charge in [-0.25, -0.2) is 4.39 Å². The fourth-order valence-electron chi connectivity index (χ4n) is 2.57. The van der Waals surface area contributed by atoms with Gasteiger partial charge in [0.1, 0.15) is 11.6 Å². The van der Waals surface area contributed by atoms with Crippen molar-refractivity contribution in [3.8, 4) is 5.75 Å². The SMILES string of the molecule is CCNC(=O)COc1cccc(CNC(=NC)NCCc2ccccc2F)c1.I. The summed E-state index contributed by atoms with van der Waals surface area (Å²) in [6.45, 7) is 3.54. The second kappa shape index (κ2) is 13.8. The first kappa shape index (κ1) is 24.7. The van der Waals surface area contributed by atoms with E-state index in [4.69, 9.17) is 4.74 Å². The first-order valence-corrected chi connectivity index (χ1v) is 9.28. The van der Waals surface area contributed by atoms with Gasteiger partial charge in [0.25, 0.3) is 5.91 Å². The van der Waals surface area contributed by atoms with Crippen LogP contribution in [0.15, 0.2) is 53.5 Å². The summed E-state index contributed by atoms with van der Waals surface area (Å²) in [6.07, 6.45) is 0.566. The summed E-state index contributed by atoms with van der Waals surface area (Å²) < 4.78 is 19.1. The van der Waals surface area contributed by atoms with Gasteiger partial charge in [-0.3, -0.25) is 9.79 Å². The van der Waals surface area contributed by atoms with Crippen LogP contribution in [0.1, 0.15) is 18.1 Å². The van der Waals surface area contributed by atoms with Gasteiger partial charge in [0.15, 0.2) is 12.6 Å². The van der Waals surface area contributed by atoms with E-state index < -0.39 is 0 Å². The highest BCUT2D eigenvalue weighted by molar-refractivity contribution is 14.0. The van der Waals surface area contributed by atoms with Crippen LogP contribution < -0.4 is 20.7 Å². The quantitative estimate of drug-likeness (QED) is 0.274. The maximum Gasteiger partial charge on any atom is 0.257 e. The third-order valence-corrected chi connectivity index (χ3v) is 3.97. The van der Waals surface area contributed by atoms with Crippen molar-refractivity contribution >= 4 is 35.8 Å². The Kier molecular flexibility index (Phi) is 11.7. The van der Waals surface area contributed by atoms with E-state index in [0.29, 0.717) is 43.3 Å². The van der Waals surface area contributed by atoms with Crippen molar-refractivity contribution in [1.82, 2.24) is 16.0 Å². The average molecular weight is 514 g/mol. The molecule has 0 aliphatic carbocycles. The summed E-state index contributed by atoms with van der Waals surface area (Å²) in [5.41, 5.74) is 1.66. The summed E-state index contributed by atoms with van der Waals surface area (Å²) >= 11 is 0. The van der Waals surface area contributed by atoms with Gasteiger partial charge in [0, 0.05) is 26.7 Å². The second-order valence-corrected chi connectivity index (χ2v) is 6.08. The zero-order valence-electron chi connectivity index (χ0n) is 16.7. The molecule has 2 aromatic rings. The van der Waals surface area contributed by atoms with Crippen molar-refractivity contribution in [2.75, 3.05) is 26.7 Å². The molecule has 0 heterocycles. The van der Waals surface area contributed by atoms with Crippen molar-refractivity contribution < 1.29 is 13.9 Å². The van der Waals surface area contributed by atoms with E-state index in [0.717, 1.165) is 5.56 Å². The Morgan fingerprint density at radius 1 is 1.10 bits per heavy atom. The summed E-state index contributed by atoms with van der Waals surface area (Å²) in [7, 11) is 1.68. The monoisotopic (exact) mass is 514 g/mol. The summed E-state index contributed by atoms with van der Waals surface area (Å²) in [4.78, 5) is 15.7. The molecule has 0 aliphatic heterocycles. The number of rotatable bonds is 9. The van der Waals surface area contributed by atoms with E-state index in [2.05, 4.69) is 20.9 Å². The lowest BCUT2D eigenvalue weighted by molar-refractivity contribution is -0.122. The van der Waals surface area contributed by atoms with Crippen LogP contribution in [-0.4, -0.2) is 38.6 Å². The molecule has 1 amide bonds. The number of nitrogens with one attached hydrogen (secondary N) is 3. The highest BCUT2D eigenvalue weighted by atomic mass is 127. The van der Waals surface area contributed by atoms with E-state index in [1.807, 2.05) is 37.3 Å². The van der Waals surface area contributed by atoms with E-state index in [1.54, 1.807) is 19.2 Å². The van der Waals surface area contributed by atoms with Crippen molar-refractivity contribution in [3.05, 3.63) is 65.5 Å². The van der Waals surface area contributed by atoms with Gasteiger partial charge < -0.3 is 20.7 Å². The summed E-state index contributed by atoms with van der Waals surface area (Å²) in [6, 6.07) is 14.3. The largest absolute Gasteiger partial charge is 0.484 e. The Hall–Kier alpha value is -2.36. The van der Waals surface area contributed by atoms with Crippen molar-refractivity contribution in [2.24, 2.45) is 4.99 Å². The third-order valence-electron chi connectivity index (χ3n) is 3.97. The molecule has 0 unspecified atom stereocenters. The average Bonchev–Trinajstić information content (AvgIpc) is 2.71. The van der Waals surface area contributed by atoms with Crippen molar-refractivity contribution in [2.45, 2.75) is 19.9 Å². The number of carbonyl (C=O) groups excluding carboxylic acids is 1. The van der Waals surface area contributed by atoms with Crippen LogP contribution in [0.5, 0.6) is 5.75 Å². The molecular formula is C21H28FIN4O2. The molecule has 0 spiro atoms. The number of hydrogen-bond acceptors (Lipinski definition) is 3. The van der Waals surface area contributed by atoms with Crippen LogP contribution in [0.3, 0.4) is 0 Å². The molecule has 0 saturated carbocycles. The fourth-order valence-corrected chi connectivity index (χ4v) is 2.57. The highest BCUT2D eigenvalue weighted by Crippen LogP contribution is 2.13. The lowest BCUT2D eigenvalue weighted by atomic mass is 10.1. The van der Waals surface area contributed by atoms with Gasteiger partial charge in [-0.1, -0.05) is 30.3 Å². The number of ether oxygens (including phenoxy) is 1. The van der Waals surface area contributed by atoms with Crippen molar-refractivity contribution in [1.29, 1.82) is 0 Å². The maximum absolute atomic E-state index is 13.6. The number of amides is 1. The number of benzene rings is 2. The predicted molar refractivity (Wildman–Crippen MR) is 124 cm³/mol. The molecule has 8 heteroatoms. The smallest absolute Gasteiger partial charge is 0.257 e. The molecule has 0 aromatic heterocycles. The second-order valence-electron chi connectivity index (χ2n) is 6.08. The molecule has 0 fully saturated rings. The number of halogens is 2. The Balaban J connectivity index is 0.00000420. The molecule has 0 saturated heterocycles. The van der Waals surface area contributed by atoms with E-state index in [-0.39, 0.29) is 42.3 Å². The number of nitrogens with zero attached hydrogens (tertiary/aromatic N) is 1. The Labute approximate surface area is 188 Å². The Bertz CT molecular complexity index is 802. The number of guanidine groups is 1. The first-order chi connectivity index (χ1) is 13.6. The predicted octanol–water partition coefficient (Wildman–Crippen LogP) is 2.87. The molecule has 0 atom stereocenters. The molecule has 29 heavy (non-hydrogen) atoms. The number of hydrogen-bond donors (Lipinski definition) is 3. The molecule has 0 radical (unpaired) electrons. The lowest BCUT2D eigenvalue weighted by Crippen LogP contribution is -2.37. The summed E-state index contributed by atoms with van der Waals surface area (Å²) in [5.74, 6) is 0.917. The molecule has 3 N–H and O–H groups in total. The van der Waals surface area contributed by atoms with Crippen LogP contribution in [0.2, 0.25) is 0 Å². The molecule has 2 rings (SSSR count). The van der Waals surface area contributed by atoms with E-state index in [1.165, 1.54) is 6.07 Å². The molecule has 0 aliphatic rings. The van der Waals surface area contributed by atoms with E-state index >= 15 is 0 Å². The maximum atomic E-state index is 13.6. The first-order valence-electron chi connectivity index (χ1n) is 9.28. The van der Waals surface area contributed by atoms with Crippen LogP contribution in [-0.2, 0) is 17.8 Å². The number of aliphatic imine (C=N–C) groups is 1. The van der Waals surface area contributed by atoms with Gasteiger partial charge in [-0.05, 0) is 42.7 Å². The number of carbonyl (C=O) groups is 1. The molecular weight excluding hydrogens is 486 g/mol. The zero-order valence-corrected chi connectivity index (χ0v) is 19.0. The van der Waals surface area contributed by atoms with Gasteiger partial charge in [-0.2, -0.15) is 0 Å². The van der Waals surface area contributed by atoms with Crippen molar-refractivity contribution in [3.63, 3.8) is 0 Å². The van der Waals surface area contributed by atoms with Crippen LogP contribution in [0.25, 0.3) is 0 Å². The van der Waals surface area contributed by atoms with Gasteiger partial charge >= 0.3 is 0 Å². The lowest BCUT2D eigenvalue weighted by Gasteiger charge is -2.13. The van der Waals surface area contributed by atoms with Gasteiger partial charge in [0.05, 0.1) is 0 Å². The van der Waals surface area contributed by atoms with Gasteiger partial charge in [-0.15, -0.1) is 24.0 Å². The highest BCUT2D eigenvalue weighted by Gasteiger charge is 2.04. The Morgan fingerprint density at radius 3 is 2.62 bits per heavy atom. The minimum absolute atomic E-state index is 0. The standard InChI is InChI=1S/C21H27FN4O2.HI/c1-3-24-20(27)15-28-18-9-6-7-16(13-18)14-26-21(23-2)25-12-11-17-8-4-5-10-19(17)22;/h4-10,13H,3,11-12,14-15H2,1-2H3,(H,24,27)(H2,23,25,26);1H. The van der Waals surface area contributed by atoms with Gasteiger partial charge in [0.2, 0.25) is 0 Å². The van der Waals surface area contributed by atoms with Crippen LogP contribution in [0.4, 0.5) is 4.39 Å². The summed E-state index contributed by atoms with van der Waals surface area (Å²) in [5, 5.41) is 9.07.